The van der Waals surface area contributed by atoms with E-state index in [0.717, 1.165) is 49.2 Å². The summed E-state index contributed by atoms with van der Waals surface area (Å²) in [5.74, 6) is 0.246. The molecule has 0 aliphatic heterocycles. The summed E-state index contributed by atoms with van der Waals surface area (Å²) in [4.78, 5) is 13.6. The number of fused-ring (bicyclic) bond motifs is 1. The van der Waals surface area contributed by atoms with E-state index in [0.29, 0.717) is 17.2 Å². The molecule has 0 saturated heterocycles. The Bertz CT molecular complexity index is 1630. The molecule has 0 aliphatic carbocycles. The molecule has 2 aromatic heterocycles. The van der Waals surface area contributed by atoms with Gasteiger partial charge in [0.05, 0.1) is 19.8 Å². The number of furan rings is 1. The van der Waals surface area contributed by atoms with Gasteiger partial charge in [-0.05, 0) is 64.7 Å². The van der Waals surface area contributed by atoms with E-state index >= 15 is 0 Å². The first-order valence-electron chi connectivity index (χ1n) is 12.7. The van der Waals surface area contributed by atoms with Gasteiger partial charge in [0.15, 0.2) is 0 Å². The van der Waals surface area contributed by atoms with Crippen molar-refractivity contribution in [2.24, 2.45) is 5.73 Å². The maximum absolute atomic E-state index is 12.0. The van der Waals surface area contributed by atoms with Gasteiger partial charge in [0, 0.05) is 27.9 Å². The lowest BCUT2D eigenvalue weighted by Gasteiger charge is -2.14. The Morgan fingerprint density at radius 1 is 1.00 bits per heavy atom. The number of nitrogens with two attached hydrogens (primary N) is 1. The molecule has 198 valence electrons. The summed E-state index contributed by atoms with van der Waals surface area (Å²) in [7, 11) is 1.37. The number of rotatable bonds is 8. The van der Waals surface area contributed by atoms with Crippen LogP contribution in [0.1, 0.15) is 35.4 Å². The van der Waals surface area contributed by atoms with Crippen molar-refractivity contribution in [2.45, 2.75) is 33.4 Å². The molecule has 0 bridgehead atoms. The van der Waals surface area contributed by atoms with Crippen LogP contribution in [-0.4, -0.2) is 13.1 Å². The summed E-state index contributed by atoms with van der Waals surface area (Å²) in [5.41, 5.74) is 12.3. The van der Waals surface area contributed by atoms with E-state index in [4.69, 9.17) is 19.6 Å². The van der Waals surface area contributed by atoms with Crippen LogP contribution in [0, 0.1) is 11.3 Å². The van der Waals surface area contributed by atoms with Gasteiger partial charge in [0.1, 0.15) is 28.9 Å². The predicted octanol–water partition coefficient (Wildman–Crippen LogP) is 7.48. The van der Waals surface area contributed by atoms with Crippen LogP contribution in [0.2, 0.25) is 0 Å². The fourth-order valence-electron chi connectivity index (χ4n) is 4.24. The molecule has 0 radical (unpaired) electrons. The van der Waals surface area contributed by atoms with Gasteiger partial charge in [0.2, 0.25) is 0 Å². The van der Waals surface area contributed by atoms with Gasteiger partial charge in [0.25, 0.3) is 0 Å². The van der Waals surface area contributed by atoms with Crippen LogP contribution in [0.25, 0.3) is 32.5 Å². The van der Waals surface area contributed by atoms with Crippen LogP contribution < -0.4 is 10.5 Å². The average molecular weight is 539 g/mol. The quantitative estimate of drug-likeness (QED) is 0.206. The molecule has 0 aliphatic rings. The highest BCUT2D eigenvalue weighted by atomic mass is 32.1. The van der Waals surface area contributed by atoms with Crippen molar-refractivity contribution in [1.29, 1.82) is 5.26 Å². The number of thiophene rings is 1. The van der Waals surface area contributed by atoms with E-state index in [1.807, 2.05) is 68.4 Å². The van der Waals surface area contributed by atoms with Crippen molar-refractivity contribution < 1.29 is 18.7 Å². The zero-order chi connectivity index (χ0) is 27.8. The number of hydrogen-bond donors (Lipinski definition) is 1. The van der Waals surface area contributed by atoms with Gasteiger partial charge >= 0.3 is 5.97 Å². The fourth-order valence-corrected chi connectivity index (χ4v) is 5.04. The summed E-state index contributed by atoms with van der Waals surface area (Å²) >= 11 is 1.41. The first kappa shape index (κ1) is 27.6. The third kappa shape index (κ3) is 6.37. The van der Waals surface area contributed by atoms with Crippen molar-refractivity contribution in [3.05, 3.63) is 101 Å². The number of carbonyl (C=O) groups excluding carboxylic acids is 1. The monoisotopic (exact) mass is 538 g/mol. The first-order chi connectivity index (χ1) is 19.1. The summed E-state index contributed by atoms with van der Waals surface area (Å²) < 4.78 is 17.0. The van der Waals surface area contributed by atoms with E-state index in [2.05, 4.69) is 18.2 Å². The van der Waals surface area contributed by atoms with Crippen molar-refractivity contribution in [3.8, 4) is 33.4 Å². The molecule has 2 heterocycles. The lowest BCUT2D eigenvalue weighted by Crippen LogP contribution is -2.07. The van der Waals surface area contributed by atoms with E-state index in [9.17, 15) is 10.1 Å². The largest absolute Gasteiger partial charge is 0.489 e. The third-order valence-corrected chi connectivity index (χ3v) is 7.15. The molecule has 5 rings (SSSR count). The maximum Gasteiger partial charge on any atom is 0.310 e. The number of nitrogens with zero attached hydrogens (tertiary/aromatic N) is 1. The van der Waals surface area contributed by atoms with Crippen molar-refractivity contribution in [3.63, 3.8) is 0 Å². The molecule has 0 unspecified atom stereocenters. The minimum atomic E-state index is -0.345. The summed E-state index contributed by atoms with van der Waals surface area (Å²) in [6.45, 7) is 4.74. The Labute approximate surface area is 232 Å². The average Bonchev–Trinajstić information content (AvgIpc) is 3.67. The van der Waals surface area contributed by atoms with E-state index in [1.165, 1.54) is 18.4 Å². The molecule has 6 nitrogen and oxygen atoms in total. The van der Waals surface area contributed by atoms with Crippen LogP contribution >= 0.6 is 11.3 Å². The molecule has 3 aromatic carbocycles. The molecule has 0 spiro atoms. The molecular formula is C32H30N2O4S. The summed E-state index contributed by atoms with van der Waals surface area (Å²) in [6, 6.07) is 25.7. The standard InChI is InChI=1S/C30H24N2O4S.C2H6/c1-34-29(33)15-22-5-6-23(28-8-7-25(17-32)37-28)14-27(22)36-18-20-12-24-9-10-35-30(24)26(13-20)21-4-2-3-19(11-21)16-31;1-2/h2-14H,15-16,18,31H2,1H3;1-2H3. The lowest BCUT2D eigenvalue weighted by molar-refractivity contribution is -0.139. The normalized spacial score (nSPS) is 10.4. The molecule has 0 fully saturated rings. The van der Waals surface area contributed by atoms with Crippen LogP contribution in [0.4, 0.5) is 0 Å². The topological polar surface area (TPSA) is 98.5 Å². The van der Waals surface area contributed by atoms with E-state index in [1.54, 1.807) is 12.3 Å². The van der Waals surface area contributed by atoms with Crippen molar-refractivity contribution in [2.75, 3.05) is 7.11 Å². The number of methoxy groups -OCH3 is 1. The van der Waals surface area contributed by atoms with E-state index in [-0.39, 0.29) is 19.0 Å². The van der Waals surface area contributed by atoms with E-state index < -0.39 is 0 Å². The summed E-state index contributed by atoms with van der Waals surface area (Å²) in [5, 5.41) is 10.2. The van der Waals surface area contributed by atoms with Gasteiger partial charge in [-0.25, -0.2) is 0 Å². The molecular weight excluding hydrogens is 508 g/mol. The molecule has 39 heavy (non-hydrogen) atoms. The zero-order valence-electron chi connectivity index (χ0n) is 22.2. The van der Waals surface area contributed by atoms with Crippen molar-refractivity contribution >= 4 is 28.3 Å². The molecule has 7 heteroatoms. The molecule has 0 saturated carbocycles. The number of ether oxygens (including phenoxy) is 2. The highest BCUT2D eigenvalue weighted by Gasteiger charge is 2.15. The summed E-state index contributed by atoms with van der Waals surface area (Å²) in [6.07, 6.45) is 1.78. The smallest absolute Gasteiger partial charge is 0.310 e. The van der Waals surface area contributed by atoms with Crippen LogP contribution in [0.5, 0.6) is 5.75 Å². The predicted molar refractivity (Wildman–Crippen MR) is 155 cm³/mol. The minimum Gasteiger partial charge on any atom is -0.489 e. The number of esters is 1. The third-order valence-electron chi connectivity index (χ3n) is 6.11. The van der Waals surface area contributed by atoms with Gasteiger partial charge < -0.3 is 19.6 Å². The Kier molecular flexibility index (Phi) is 9.16. The minimum absolute atomic E-state index is 0.0951. The maximum atomic E-state index is 12.0. The highest BCUT2D eigenvalue weighted by molar-refractivity contribution is 7.16. The number of benzene rings is 3. The van der Waals surface area contributed by atoms with Gasteiger partial charge in [-0.2, -0.15) is 5.26 Å². The highest BCUT2D eigenvalue weighted by Crippen LogP contribution is 2.35. The second kappa shape index (κ2) is 12.9. The number of hydrogen-bond acceptors (Lipinski definition) is 7. The number of carbonyl (C=O) groups is 1. The van der Waals surface area contributed by atoms with Gasteiger partial charge in [-0.15, -0.1) is 11.3 Å². The Morgan fingerprint density at radius 2 is 1.85 bits per heavy atom. The van der Waals surface area contributed by atoms with Gasteiger partial charge in [-0.3, -0.25) is 4.79 Å². The zero-order valence-corrected chi connectivity index (χ0v) is 23.0. The molecule has 5 aromatic rings. The van der Waals surface area contributed by atoms with Crippen LogP contribution in [0.15, 0.2) is 83.5 Å². The molecule has 0 atom stereocenters. The fraction of sp³-hybridized carbons (Fsp3) is 0.188. The lowest BCUT2D eigenvalue weighted by atomic mass is 9.99. The van der Waals surface area contributed by atoms with Crippen LogP contribution in [-0.2, 0) is 29.1 Å². The van der Waals surface area contributed by atoms with Crippen LogP contribution in [0.3, 0.4) is 0 Å². The molecule has 0 amide bonds. The number of nitriles is 1. The second-order valence-corrected chi connectivity index (χ2v) is 9.61. The Hall–Kier alpha value is -4.38. The second-order valence-electron chi connectivity index (χ2n) is 8.53. The molecule has 2 N–H and O–H groups in total. The first-order valence-corrected chi connectivity index (χ1v) is 13.5. The van der Waals surface area contributed by atoms with Crippen molar-refractivity contribution in [1.82, 2.24) is 0 Å². The SMILES string of the molecule is CC.COC(=O)Cc1ccc(-c2ccc(C#N)s2)cc1OCc1cc(-c2cccc(CN)c2)c2occc2c1. The Balaban J connectivity index is 0.00000172. The van der Waals surface area contributed by atoms with Gasteiger partial charge in [-0.1, -0.05) is 44.2 Å². The Morgan fingerprint density at radius 3 is 2.59 bits per heavy atom.